The van der Waals surface area contributed by atoms with Crippen LogP contribution in [0.1, 0.15) is 60.5 Å². The molecule has 0 fully saturated rings. The Bertz CT molecular complexity index is 1030. The van der Waals surface area contributed by atoms with E-state index in [2.05, 4.69) is 33.2 Å². The highest BCUT2D eigenvalue weighted by atomic mass is 16.5. The van der Waals surface area contributed by atoms with Crippen molar-refractivity contribution in [2.45, 2.75) is 57.1 Å². The Morgan fingerprint density at radius 2 is 1.95 bits per heavy atom. The molecule has 5 N–H and O–H groups in total. The van der Waals surface area contributed by atoms with Crippen molar-refractivity contribution in [3.63, 3.8) is 0 Å². The number of rotatable bonds is 15. The molecule has 0 bridgehead atoms. The topological polar surface area (TPSA) is 141 Å². The van der Waals surface area contributed by atoms with Gasteiger partial charge >= 0.3 is 6.09 Å². The van der Waals surface area contributed by atoms with Crippen LogP contribution in [0, 0.1) is 0 Å². The normalized spacial score (nSPS) is 13.6. The van der Waals surface area contributed by atoms with Gasteiger partial charge in [-0.3, -0.25) is 4.79 Å². The number of carbonyl (C=O) groups excluding carboxylic acids is 2. The standard InChI is InChI=1S/C29H42N2O6.CH3NO/c1-30-24(10-5-4-6-14-34-2)18-22-17-23(20-27-26(22)12-8-15-36-27)28(21-9-7-11-25(32)19-21)37-16-13-31-29(33)35-3;2-1-3/h7,9,11,17,19-20,24,28,30,32H,4-6,8,10,12-16,18H2,1-3H3,(H,31,33);1H,(H2,2,3). The van der Waals surface area contributed by atoms with Crippen LogP contribution in [0.15, 0.2) is 36.4 Å². The minimum Gasteiger partial charge on any atom is -0.508 e. The summed E-state index contributed by atoms with van der Waals surface area (Å²) < 4.78 is 22.2. The molecule has 2 amide bonds. The van der Waals surface area contributed by atoms with Gasteiger partial charge in [0.05, 0.1) is 20.3 Å². The number of aromatic hydroxyl groups is 1. The van der Waals surface area contributed by atoms with Crippen molar-refractivity contribution >= 4 is 12.5 Å². The zero-order valence-corrected chi connectivity index (χ0v) is 23.9. The van der Waals surface area contributed by atoms with Gasteiger partial charge < -0.3 is 40.4 Å². The summed E-state index contributed by atoms with van der Waals surface area (Å²) in [7, 11) is 5.11. The molecule has 2 aromatic carbocycles. The molecule has 1 heterocycles. The van der Waals surface area contributed by atoms with Crippen LogP contribution in [0.3, 0.4) is 0 Å². The Labute approximate surface area is 237 Å². The van der Waals surface area contributed by atoms with Crippen LogP contribution in [-0.2, 0) is 31.8 Å². The third kappa shape index (κ3) is 11.0. The largest absolute Gasteiger partial charge is 0.508 e. The lowest BCUT2D eigenvalue weighted by atomic mass is 9.89. The first-order valence-corrected chi connectivity index (χ1v) is 13.8. The fourth-order valence-electron chi connectivity index (χ4n) is 4.81. The van der Waals surface area contributed by atoms with E-state index in [-0.39, 0.29) is 18.8 Å². The molecule has 0 aromatic heterocycles. The number of hydrogen-bond donors (Lipinski definition) is 4. The van der Waals surface area contributed by atoms with Crippen molar-refractivity contribution in [1.82, 2.24) is 10.6 Å². The van der Waals surface area contributed by atoms with Gasteiger partial charge in [-0.05, 0) is 79.6 Å². The molecule has 0 spiro atoms. The Morgan fingerprint density at radius 1 is 1.15 bits per heavy atom. The lowest BCUT2D eigenvalue weighted by Gasteiger charge is -2.27. The molecule has 0 radical (unpaired) electrons. The van der Waals surface area contributed by atoms with E-state index >= 15 is 0 Å². The quantitative estimate of drug-likeness (QED) is 0.192. The van der Waals surface area contributed by atoms with Gasteiger partial charge in [0.15, 0.2) is 0 Å². The van der Waals surface area contributed by atoms with Gasteiger partial charge in [0.1, 0.15) is 17.6 Å². The SMILES string of the molecule is CNC(CCCCCOC)Cc1cc(C(OCCNC(=O)OC)c2cccc(O)c2)cc2c1CCCO2.NC=O. The molecule has 0 saturated heterocycles. The monoisotopic (exact) mass is 559 g/mol. The van der Waals surface area contributed by atoms with Gasteiger partial charge in [0.2, 0.25) is 6.41 Å². The minimum atomic E-state index is -0.498. The average Bonchev–Trinajstić information content (AvgIpc) is 2.96. The van der Waals surface area contributed by atoms with Crippen LogP contribution in [-0.4, -0.2) is 71.3 Å². The number of unbranched alkanes of at least 4 members (excludes halogenated alkanes) is 2. The number of hydrogen-bond acceptors (Lipinski definition) is 8. The van der Waals surface area contributed by atoms with E-state index in [0.717, 1.165) is 68.4 Å². The maximum atomic E-state index is 11.5. The van der Waals surface area contributed by atoms with Gasteiger partial charge in [-0.1, -0.05) is 31.0 Å². The molecular formula is C30H45N3O7. The van der Waals surface area contributed by atoms with Crippen molar-refractivity contribution in [1.29, 1.82) is 0 Å². The van der Waals surface area contributed by atoms with Crippen molar-refractivity contribution in [3.05, 3.63) is 58.7 Å². The minimum absolute atomic E-state index is 0.178. The maximum Gasteiger partial charge on any atom is 0.406 e. The number of likely N-dealkylation sites (N-methyl/N-ethyl adjacent to an activating group) is 1. The first kappa shape index (κ1) is 32.9. The summed E-state index contributed by atoms with van der Waals surface area (Å²) in [5.41, 5.74) is 8.51. The van der Waals surface area contributed by atoms with E-state index in [9.17, 15) is 9.90 Å². The molecule has 1 aliphatic rings. The first-order valence-electron chi connectivity index (χ1n) is 13.8. The molecule has 1 aliphatic heterocycles. The Morgan fingerprint density at radius 3 is 2.65 bits per heavy atom. The second-order valence-corrected chi connectivity index (χ2v) is 9.54. The third-order valence-electron chi connectivity index (χ3n) is 6.75. The van der Waals surface area contributed by atoms with E-state index in [4.69, 9.17) is 19.0 Å². The zero-order chi connectivity index (χ0) is 29.2. The Hall–Kier alpha value is -3.34. The second kappa shape index (κ2) is 18.9. The zero-order valence-electron chi connectivity index (χ0n) is 23.9. The number of ether oxygens (including phenoxy) is 4. The number of amides is 2. The number of nitrogens with two attached hydrogens (primary N) is 1. The number of carbonyl (C=O) groups is 2. The molecule has 40 heavy (non-hydrogen) atoms. The Balaban J connectivity index is 0.00000178. The van der Waals surface area contributed by atoms with Crippen LogP contribution in [0.25, 0.3) is 0 Å². The summed E-state index contributed by atoms with van der Waals surface area (Å²) in [6.07, 6.45) is 6.70. The van der Waals surface area contributed by atoms with Crippen LogP contribution in [0.2, 0.25) is 0 Å². The summed E-state index contributed by atoms with van der Waals surface area (Å²) in [5.74, 6) is 1.09. The number of phenolic OH excluding ortho intramolecular Hbond substituents is 1. The summed E-state index contributed by atoms with van der Waals surface area (Å²) >= 11 is 0. The van der Waals surface area contributed by atoms with Crippen molar-refractivity contribution in [3.8, 4) is 11.5 Å². The smallest absolute Gasteiger partial charge is 0.406 e. The fraction of sp³-hybridized carbons (Fsp3) is 0.533. The Kier molecular flexibility index (Phi) is 15.5. The number of benzene rings is 2. The lowest BCUT2D eigenvalue weighted by Crippen LogP contribution is -2.29. The van der Waals surface area contributed by atoms with Gasteiger partial charge in [-0.25, -0.2) is 4.79 Å². The number of phenols is 1. The van der Waals surface area contributed by atoms with Crippen LogP contribution in [0.5, 0.6) is 11.5 Å². The molecule has 0 aliphatic carbocycles. The fourth-order valence-corrected chi connectivity index (χ4v) is 4.81. The highest BCUT2D eigenvalue weighted by Crippen LogP contribution is 2.36. The summed E-state index contributed by atoms with van der Waals surface area (Å²) in [6.45, 7) is 2.10. The molecule has 222 valence electrons. The second-order valence-electron chi connectivity index (χ2n) is 9.54. The van der Waals surface area contributed by atoms with E-state index in [1.54, 1.807) is 19.2 Å². The van der Waals surface area contributed by atoms with E-state index in [1.807, 2.05) is 19.2 Å². The third-order valence-corrected chi connectivity index (χ3v) is 6.75. The van der Waals surface area contributed by atoms with Crippen molar-refractivity contribution in [2.24, 2.45) is 5.73 Å². The van der Waals surface area contributed by atoms with Crippen molar-refractivity contribution in [2.75, 3.05) is 47.6 Å². The maximum absolute atomic E-state index is 11.5. The number of methoxy groups -OCH3 is 2. The predicted molar refractivity (Wildman–Crippen MR) is 154 cm³/mol. The number of nitrogens with one attached hydrogen (secondary N) is 2. The number of fused-ring (bicyclic) bond motifs is 1. The summed E-state index contributed by atoms with van der Waals surface area (Å²) in [5, 5.41) is 16.3. The highest BCUT2D eigenvalue weighted by molar-refractivity contribution is 5.66. The van der Waals surface area contributed by atoms with Crippen LogP contribution >= 0.6 is 0 Å². The molecule has 2 aromatic rings. The summed E-state index contributed by atoms with van der Waals surface area (Å²) in [4.78, 5) is 20.0. The van der Waals surface area contributed by atoms with E-state index < -0.39 is 12.2 Å². The predicted octanol–water partition coefficient (Wildman–Crippen LogP) is 3.62. The van der Waals surface area contributed by atoms with Crippen LogP contribution in [0.4, 0.5) is 4.79 Å². The highest BCUT2D eigenvalue weighted by Gasteiger charge is 2.23. The molecule has 10 heteroatoms. The van der Waals surface area contributed by atoms with Crippen molar-refractivity contribution < 1.29 is 33.6 Å². The molecule has 2 unspecified atom stereocenters. The molecule has 0 saturated carbocycles. The van der Waals surface area contributed by atoms with E-state index in [0.29, 0.717) is 19.2 Å². The average molecular weight is 560 g/mol. The van der Waals surface area contributed by atoms with Crippen LogP contribution < -0.4 is 21.1 Å². The molecule has 10 nitrogen and oxygen atoms in total. The molecular weight excluding hydrogens is 514 g/mol. The summed E-state index contributed by atoms with van der Waals surface area (Å²) in [6, 6.07) is 11.8. The lowest BCUT2D eigenvalue weighted by molar-refractivity contribution is -0.106. The van der Waals surface area contributed by atoms with Gasteiger partial charge in [-0.2, -0.15) is 0 Å². The van der Waals surface area contributed by atoms with Gasteiger partial charge in [0, 0.05) is 26.3 Å². The van der Waals surface area contributed by atoms with Gasteiger partial charge in [0.25, 0.3) is 0 Å². The van der Waals surface area contributed by atoms with Gasteiger partial charge in [-0.15, -0.1) is 0 Å². The first-order chi connectivity index (χ1) is 19.5. The number of primary amides is 1. The molecule has 3 rings (SSSR count). The van der Waals surface area contributed by atoms with E-state index in [1.165, 1.54) is 18.2 Å². The number of alkyl carbamates (subject to hydrolysis) is 1. The molecule has 2 atom stereocenters.